The van der Waals surface area contributed by atoms with Crippen LogP contribution in [0.5, 0.6) is 0 Å². The monoisotopic (exact) mass is 388 g/mol. The van der Waals surface area contributed by atoms with Crippen LogP contribution in [0.4, 0.5) is 10.5 Å². The van der Waals surface area contributed by atoms with Gasteiger partial charge in [-0.05, 0) is 35.4 Å². The van der Waals surface area contributed by atoms with Crippen molar-refractivity contribution in [3.63, 3.8) is 0 Å². The number of amides is 2. The lowest BCUT2D eigenvalue weighted by Crippen LogP contribution is -2.53. The van der Waals surface area contributed by atoms with Crippen LogP contribution in [0.2, 0.25) is 5.02 Å². The first-order valence-corrected chi connectivity index (χ1v) is 9.01. The Bertz CT molecular complexity index is 787. The van der Waals surface area contributed by atoms with Gasteiger partial charge in [-0.25, -0.2) is 4.79 Å². The van der Waals surface area contributed by atoms with Crippen LogP contribution in [-0.4, -0.2) is 36.1 Å². The number of nitrogens with one attached hydrogen (secondary N) is 1. The predicted octanol–water partition coefficient (Wildman–Crippen LogP) is 3.84. The highest BCUT2D eigenvalue weighted by Gasteiger charge is 2.28. The van der Waals surface area contributed by atoms with E-state index in [2.05, 4.69) is 5.32 Å². The van der Waals surface area contributed by atoms with Crippen molar-refractivity contribution in [2.45, 2.75) is 26.2 Å². The Morgan fingerprint density at radius 1 is 1.04 bits per heavy atom. The maximum Gasteiger partial charge on any atom is 0.411 e. The molecule has 1 N–H and O–H groups in total. The van der Waals surface area contributed by atoms with Gasteiger partial charge in [0.2, 0.25) is 5.91 Å². The molecule has 27 heavy (non-hydrogen) atoms. The van der Waals surface area contributed by atoms with Gasteiger partial charge in [0, 0.05) is 30.7 Å². The lowest BCUT2D eigenvalue weighted by atomic mass is 10.1. The topological polar surface area (TPSA) is 67.9 Å². The molecule has 7 heteroatoms. The van der Waals surface area contributed by atoms with E-state index in [1.807, 2.05) is 24.3 Å². The SMILES string of the molecule is CC(=O)N1CC(OCc2ccc(NC(=O)OCc3ccc(Cl)cc3)cc2)C1. The maximum absolute atomic E-state index is 11.9. The highest BCUT2D eigenvalue weighted by atomic mass is 35.5. The Hall–Kier alpha value is -2.57. The zero-order chi connectivity index (χ0) is 19.2. The molecule has 3 rings (SSSR count). The summed E-state index contributed by atoms with van der Waals surface area (Å²) in [6, 6.07) is 14.5. The first-order chi connectivity index (χ1) is 13.0. The summed E-state index contributed by atoms with van der Waals surface area (Å²) in [6.45, 7) is 3.50. The van der Waals surface area contributed by atoms with Crippen molar-refractivity contribution in [1.29, 1.82) is 0 Å². The Morgan fingerprint density at radius 2 is 1.63 bits per heavy atom. The molecule has 0 unspecified atom stereocenters. The molecule has 0 bridgehead atoms. The molecule has 0 radical (unpaired) electrons. The molecule has 1 saturated heterocycles. The summed E-state index contributed by atoms with van der Waals surface area (Å²) in [5.74, 6) is 0.0771. The molecule has 1 heterocycles. The van der Waals surface area contributed by atoms with Crippen molar-refractivity contribution >= 4 is 29.3 Å². The van der Waals surface area contributed by atoms with E-state index in [0.717, 1.165) is 11.1 Å². The zero-order valence-electron chi connectivity index (χ0n) is 15.0. The van der Waals surface area contributed by atoms with Gasteiger partial charge in [-0.3, -0.25) is 10.1 Å². The van der Waals surface area contributed by atoms with E-state index in [9.17, 15) is 9.59 Å². The summed E-state index contributed by atoms with van der Waals surface area (Å²) in [5.41, 5.74) is 2.50. The fourth-order valence-electron chi connectivity index (χ4n) is 2.58. The van der Waals surface area contributed by atoms with Crippen molar-refractivity contribution in [1.82, 2.24) is 4.90 Å². The Morgan fingerprint density at radius 3 is 2.26 bits per heavy atom. The van der Waals surface area contributed by atoms with Crippen molar-refractivity contribution in [2.75, 3.05) is 18.4 Å². The summed E-state index contributed by atoms with van der Waals surface area (Å²) in [4.78, 5) is 24.7. The Kier molecular flexibility index (Phi) is 6.32. The lowest BCUT2D eigenvalue weighted by molar-refractivity contribution is -0.143. The third kappa shape index (κ3) is 5.70. The second-order valence-corrected chi connectivity index (χ2v) is 6.82. The summed E-state index contributed by atoms with van der Waals surface area (Å²) in [5, 5.41) is 3.32. The van der Waals surface area contributed by atoms with Gasteiger partial charge in [-0.15, -0.1) is 0 Å². The number of likely N-dealkylation sites (tertiary alicyclic amines) is 1. The van der Waals surface area contributed by atoms with E-state index in [4.69, 9.17) is 21.1 Å². The number of ether oxygens (including phenoxy) is 2. The van der Waals surface area contributed by atoms with Gasteiger partial charge >= 0.3 is 6.09 Å². The number of benzene rings is 2. The normalized spacial score (nSPS) is 13.8. The first kappa shape index (κ1) is 19.2. The summed E-state index contributed by atoms with van der Waals surface area (Å²) in [6.07, 6.45) is -0.428. The molecule has 1 fully saturated rings. The molecule has 2 aromatic rings. The molecule has 1 aliphatic rings. The molecule has 6 nitrogen and oxygen atoms in total. The molecule has 0 spiro atoms. The molecular formula is C20H21ClN2O4. The highest BCUT2D eigenvalue weighted by Crippen LogP contribution is 2.16. The van der Waals surface area contributed by atoms with Gasteiger partial charge in [-0.2, -0.15) is 0 Å². The molecule has 0 aliphatic carbocycles. The van der Waals surface area contributed by atoms with Crippen LogP contribution in [0.3, 0.4) is 0 Å². The number of nitrogens with zero attached hydrogens (tertiary/aromatic N) is 1. The zero-order valence-corrected chi connectivity index (χ0v) is 15.7. The number of hydrogen-bond donors (Lipinski definition) is 1. The standard InChI is InChI=1S/C20H21ClN2O4/c1-14(24)23-10-19(11-23)26-12-16-4-8-18(9-5-16)22-20(25)27-13-15-2-6-17(21)7-3-15/h2-9,19H,10-13H2,1H3,(H,22,25). The van der Waals surface area contributed by atoms with Crippen molar-refractivity contribution in [2.24, 2.45) is 0 Å². The number of carbonyl (C=O) groups excluding carboxylic acids is 2. The smallest absolute Gasteiger partial charge is 0.411 e. The molecule has 0 aromatic heterocycles. The minimum Gasteiger partial charge on any atom is -0.444 e. The van der Waals surface area contributed by atoms with E-state index in [-0.39, 0.29) is 18.6 Å². The minimum atomic E-state index is -0.521. The van der Waals surface area contributed by atoms with Crippen molar-refractivity contribution in [3.8, 4) is 0 Å². The van der Waals surface area contributed by atoms with Gasteiger partial charge < -0.3 is 14.4 Å². The van der Waals surface area contributed by atoms with Crippen LogP contribution >= 0.6 is 11.6 Å². The lowest BCUT2D eigenvalue weighted by Gasteiger charge is -2.38. The Balaban J connectivity index is 1.39. The average Bonchev–Trinajstić information content (AvgIpc) is 2.61. The quantitative estimate of drug-likeness (QED) is 0.816. The summed E-state index contributed by atoms with van der Waals surface area (Å²) < 4.78 is 10.9. The summed E-state index contributed by atoms with van der Waals surface area (Å²) in [7, 11) is 0. The van der Waals surface area contributed by atoms with E-state index in [1.54, 1.807) is 36.1 Å². The third-order valence-corrected chi connectivity index (χ3v) is 4.51. The number of anilines is 1. The van der Waals surface area contributed by atoms with Gasteiger partial charge in [0.25, 0.3) is 0 Å². The first-order valence-electron chi connectivity index (χ1n) is 8.64. The van der Waals surface area contributed by atoms with Gasteiger partial charge in [0.05, 0.1) is 12.7 Å². The fraction of sp³-hybridized carbons (Fsp3) is 0.300. The highest BCUT2D eigenvalue weighted by molar-refractivity contribution is 6.30. The average molecular weight is 389 g/mol. The third-order valence-electron chi connectivity index (χ3n) is 4.26. The molecule has 2 amide bonds. The molecule has 142 valence electrons. The van der Waals surface area contributed by atoms with E-state index in [1.165, 1.54) is 0 Å². The molecule has 0 atom stereocenters. The largest absolute Gasteiger partial charge is 0.444 e. The second-order valence-electron chi connectivity index (χ2n) is 6.38. The van der Waals surface area contributed by atoms with E-state index in [0.29, 0.717) is 30.4 Å². The van der Waals surface area contributed by atoms with Crippen LogP contribution in [0.1, 0.15) is 18.1 Å². The summed E-state index contributed by atoms with van der Waals surface area (Å²) >= 11 is 5.82. The fourth-order valence-corrected chi connectivity index (χ4v) is 2.71. The van der Waals surface area contributed by atoms with Crippen LogP contribution in [0.25, 0.3) is 0 Å². The van der Waals surface area contributed by atoms with Crippen LogP contribution in [0, 0.1) is 0 Å². The van der Waals surface area contributed by atoms with Crippen LogP contribution in [-0.2, 0) is 27.5 Å². The molecule has 2 aromatic carbocycles. The van der Waals surface area contributed by atoms with Gasteiger partial charge in [-0.1, -0.05) is 35.9 Å². The van der Waals surface area contributed by atoms with Gasteiger partial charge in [0.1, 0.15) is 6.61 Å². The van der Waals surface area contributed by atoms with Crippen LogP contribution < -0.4 is 5.32 Å². The molecule has 1 aliphatic heterocycles. The van der Waals surface area contributed by atoms with Crippen molar-refractivity contribution < 1.29 is 19.1 Å². The number of carbonyl (C=O) groups is 2. The predicted molar refractivity (Wildman–Crippen MR) is 103 cm³/mol. The maximum atomic E-state index is 11.9. The van der Waals surface area contributed by atoms with Crippen molar-refractivity contribution in [3.05, 3.63) is 64.7 Å². The van der Waals surface area contributed by atoms with E-state index < -0.39 is 6.09 Å². The Labute approximate surface area is 163 Å². The van der Waals surface area contributed by atoms with Gasteiger partial charge in [0.15, 0.2) is 0 Å². The number of halogens is 1. The number of rotatable bonds is 6. The molecule has 0 saturated carbocycles. The van der Waals surface area contributed by atoms with E-state index >= 15 is 0 Å². The number of hydrogen-bond acceptors (Lipinski definition) is 4. The van der Waals surface area contributed by atoms with Crippen LogP contribution in [0.15, 0.2) is 48.5 Å². The minimum absolute atomic E-state index is 0.0771. The second kappa shape index (κ2) is 8.88. The molecular weight excluding hydrogens is 368 g/mol.